The highest BCUT2D eigenvalue weighted by atomic mass is 17.2. The number of carbonyl (C=O) groups excluding carboxylic acids is 1. The van der Waals surface area contributed by atoms with Gasteiger partial charge in [-0.05, 0) is 41.5 Å². The van der Waals surface area contributed by atoms with Gasteiger partial charge in [-0.3, -0.25) is 4.89 Å². The fraction of sp³-hybridized carbons (Fsp3) is 0.842. The average molecular weight is 393 g/mol. The highest BCUT2D eigenvalue weighted by Crippen LogP contribution is 2.29. The van der Waals surface area contributed by atoms with E-state index in [0.717, 1.165) is 6.08 Å². The van der Waals surface area contributed by atoms with Crippen LogP contribution in [0.1, 0.15) is 48.0 Å². The van der Waals surface area contributed by atoms with Crippen LogP contribution in [0.5, 0.6) is 0 Å². The largest absolute Gasteiger partial charge is 0.365 e. The lowest BCUT2D eigenvalue weighted by molar-refractivity contribution is -1.49. The zero-order chi connectivity index (χ0) is 21.7. The fourth-order valence-corrected chi connectivity index (χ4v) is 1.75. The Morgan fingerprint density at radius 1 is 0.889 bits per heavy atom. The quantitative estimate of drug-likeness (QED) is 0.188. The normalized spacial score (nSPS) is 14.2. The zero-order valence-electron chi connectivity index (χ0n) is 19.3. The smallest absolute Gasteiger partial charge is 0.294 e. The van der Waals surface area contributed by atoms with Gasteiger partial charge < -0.3 is 0 Å². The Balaban J connectivity index is 5.26. The molecule has 27 heavy (non-hydrogen) atoms. The van der Waals surface area contributed by atoms with Crippen LogP contribution in [-0.2, 0) is 24.4 Å². The van der Waals surface area contributed by atoms with Crippen LogP contribution in [0.4, 0.5) is 0 Å². The monoisotopic (exact) mass is 392 g/mol. The fourth-order valence-electron chi connectivity index (χ4n) is 1.75. The van der Waals surface area contributed by atoms with Gasteiger partial charge in [-0.1, -0.05) is 6.58 Å². The number of carbonyl (C=O) groups is 1. The van der Waals surface area contributed by atoms with E-state index in [0.29, 0.717) is 22.3 Å². The van der Waals surface area contributed by atoms with Gasteiger partial charge >= 0.3 is 5.97 Å². The first-order valence-corrected chi connectivity index (χ1v) is 9.29. The van der Waals surface area contributed by atoms with Crippen molar-refractivity contribution in [1.82, 2.24) is 0 Å². The number of hydrogen-bond donors (Lipinski definition) is 0. The summed E-state index contributed by atoms with van der Waals surface area (Å²) in [6.45, 7) is 16.7. The van der Waals surface area contributed by atoms with E-state index in [1.54, 1.807) is 0 Å². The first-order valence-electron chi connectivity index (χ1n) is 9.29. The lowest BCUT2D eigenvalue weighted by Gasteiger charge is -2.44. The van der Waals surface area contributed by atoms with E-state index in [1.165, 1.54) is 0 Å². The molecule has 0 aliphatic heterocycles. The second kappa shape index (κ2) is 8.98. The van der Waals surface area contributed by atoms with Gasteiger partial charge in [0, 0.05) is 22.4 Å². The summed E-state index contributed by atoms with van der Waals surface area (Å²) in [5, 5.41) is 0. The predicted octanol–water partition coefficient (Wildman–Crippen LogP) is 2.93. The number of hydroxylamine groups is 10. The maximum absolute atomic E-state index is 11.0. The Morgan fingerprint density at radius 3 is 1.63 bits per heavy atom. The summed E-state index contributed by atoms with van der Waals surface area (Å²) in [6.07, 6.45) is 1.62. The molecule has 160 valence electrons. The summed E-state index contributed by atoms with van der Waals surface area (Å²) in [7, 11) is 9.88. The van der Waals surface area contributed by atoms with Crippen molar-refractivity contribution in [1.29, 1.82) is 0 Å². The molecule has 8 heteroatoms. The molecule has 0 heterocycles. The predicted molar refractivity (Wildman–Crippen MR) is 104 cm³/mol. The molecular formula is C19H42N3O5+3. The molecule has 0 spiro atoms. The van der Waals surface area contributed by atoms with Crippen molar-refractivity contribution in [3.63, 3.8) is 0 Å². The number of hydrogen-bond acceptors (Lipinski definition) is 5. The SMILES string of the molecule is C=CC(=O)OOCCC[N+](C)(O[N+](C)(C)C(C)(C)C)O[N+](C)(C)C(C)(C)C. The topological polar surface area (TPSA) is 54.0 Å². The summed E-state index contributed by atoms with van der Waals surface area (Å²) in [4.78, 5) is 33.3. The van der Waals surface area contributed by atoms with E-state index in [9.17, 15) is 4.79 Å². The summed E-state index contributed by atoms with van der Waals surface area (Å²) >= 11 is 0. The van der Waals surface area contributed by atoms with Crippen LogP contribution in [-0.4, -0.2) is 79.5 Å². The van der Waals surface area contributed by atoms with Crippen molar-refractivity contribution in [3.05, 3.63) is 12.7 Å². The lowest BCUT2D eigenvalue weighted by atomic mass is 10.1. The third-order valence-electron chi connectivity index (χ3n) is 5.08. The number of nitrogens with zero attached hydrogens (tertiary/aromatic N) is 3. The molecule has 0 aliphatic carbocycles. The van der Waals surface area contributed by atoms with Crippen LogP contribution in [0.15, 0.2) is 12.7 Å². The third-order valence-corrected chi connectivity index (χ3v) is 5.08. The van der Waals surface area contributed by atoms with Crippen molar-refractivity contribution < 1.29 is 38.5 Å². The van der Waals surface area contributed by atoms with E-state index in [2.05, 4.69) is 53.0 Å². The molecule has 0 bridgehead atoms. The Bertz CT molecular complexity index is 476. The van der Waals surface area contributed by atoms with E-state index in [1.807, 2.05) is 35.2 Å². The van der Waals surface area contributed by atoms with Crippen molar-refractivity contribution >= 4 is 5.97 Å². The van der Waals surface area contributed by atoms with Gasteiger partial charge in [0.25, 0.3) is 0 Å². The van der Waals surface area contributed by atoms with Gasteiger partial charge in [-0.25, -0.2) is 4.79 Å². The average Bonchev–Trinajstić information content (AvgIpc) is 2.42. The first kappa shape index (κ1) is 26.0. The molecule has 8 nitrogen and oxygen atoms in total. The van der Waals surface area contributed by atoms with Gasteiger partial charge in [0.2, 0.25) is 0 Å². The lowest BCUT2D eigenvalue weighted by Crippen LogP contribution is -2.68. The van der Waals surface area contributed by atoms with Crippen molar-refractivity contribution in [3.8, 4) is 0 Å². The van der Waals surface area contributed by atoms with E-state index in [-0.39, 0.29) is 22.5 Å². The van der Waals surface area contributed by atoms with Crippen LogP contribution < -0.4 is 0 Å². The van der Waals surface area contributed by atoms with Gasteiger partial charge in [0.15, 0.2) is 6.54 Å². The van der Waals surface area contributed by atoms with Crippen LogP contribution in [0.3, 0.4) is 0 Å². The summed E-state index contributed by atoms with van der Waals surface area (Å²) in [5.74, 6) is -0.615. The molecule has 0 saturated heterocycles. The van der Waals surface area contributed by atoms with Gasteiger partial charge in [0.1, 0.15) is 46.3 Å². The molecule has 0 rings (SSSR count). The Morgan fingerprint density at radius 2 is 1.30 bits per heavy atom. The van der Waals surface area contributed by atoms with Crippen LogP contribution in [0.2, 0.25) is 0 Å². The molecule has 0 fully saturated rings. The molecular weight excluding hydrogens is 350 g/mol. The number of quaternary nitrogens is 3. The van der Waals surface area contributed by atoms with Gasteiger partial charge in [-0.15, -0.1) is 9.29 Å². The minimum Gasteiger partial charge on any atom is -0.294 e. The molecule has 0 N–H and O–H groups in total. The highest BCUT2D eigenvalue weighted by Gasteiger charge is 2.51. The summed E-state index contributed by atoms with van der Waals surface area (Å²) < 4.78 is 0.583. The molecule has 0 saturated carbocycles. The second-order valence-corrected chi connectivity index (χ2v) is 9.73. The zero-order valence-corrected chi connectivity index (χ0v) is 19.3. The number of rotatable bonds is 10. The minimum absolute atomic E-state index is 0.0900. The highest BCUT2D eigenvalue weighted by molar-refractivity contribution is 5.80. The summed E-state index contributed by atoms with van der Waals surface area (Å²) in [5.41, 5.74) is -0.310. The molecule has 0 radical (unpaired) electrons. The maximum Gasteiger partial charge on any atom is 0.365 e. The van der Waals surface area contributed by atoms with E-state index >= 15 is 0 Å². The third kappa shape index (κ3) is 8.25. The van der Waals surface area contributed by atoms with E-state index < -0.39 is 5.97 Å². The molecule has 0 aromatic rings. The first-order chi connectivity index (χ1) is 11.9. The van der Waals surface area contributed by atoms with Crippen molar-refractivity contribution in [2.24, 2.45) is 0 Å². The second-order valence-electron chi connectivity index (χ2n) is 9.73. The maximum atomic E-state index is 11.0. The Kier molecular flexibility index (Phi) is 8.64. The van der Waals surface area contributed by atoms with Gasteiger partial charge in [-0.2, -0.15) is 4.89 Å². The van der Waals surface area contributed by atoms with E-state index in [4.69, 9.17) is 14.8 Å². The van der Waals surface area contributed by atoms with Gasteiger partial charge in [0.05, 0.1) is 11.4 Å². The van der Waals surface area contributed by atoms with Crippen LogP contribution >= 0.6 is 0 Å². The van der Waals surface area contributed by atoms with Crippen molar-refractivity contribution in [2.45, 2.75) is 59.0 Å². The molecule has 0 unspecified atom stereocenters. The molecule has 0 aliphatic rings. The van der Waals surface area contributed by atoms with Crippen molar-refractivity contribution in [2.75, 3.05) is 48.4 Å². The Hall–Kier alpha value is -1.03. The summed E-state index contributed by atoms with van der Waals surface area (Å²) in [6, 6.07) is 0. The molecule has 0 aromatic heterocycles. The molecule has 0 amide bonds. The van der Waals surface area contributed by atoms with Crippen LogP contribution in [0, 0.1) is 0 Å². The van der Waals surface area contributed by atoms with Crippen LogP contribution in [0.25, 0.3) is 0 Å². The molecule has 0 atom stereocenters. The Labute approximate surface area is 165 Å². The standard InChI is InChI=1S/C19H42N3O5/c1-13-17(23)25-24-16-14-15-22(12,26-20(8,9)18(2,3)4)27-21(10,11)19(5,6)7/h13H,1,14-16H2,2-12H3/q+3. The minimum atomic E-state index is -0.615. The molecule has 0 aromatic carbocycles.